The average Bonchev–Trinajstić information content (AvgIpc) is 2.87. The Balaban J connectivity index is 1.54. The Morgan fingerprint density at radius 3 is 2.90 bits per heavy atom. The van der Waals surface area contributed by atoms with Gasteiger partial charge in [0.25, 0.3) is 0 Å². The zero-order valence-electron chi connectivity index (χ0n) is 11.2. The van der Waals surface area contributed by atoms with Gasteiger partial charge in [-0.25, -0.2) is 9.97 Å². The molecule has 1 aromatic heterocycles. The third kappa shape index (κ3) is 3.46. The van der Waals surface area contributed by atoms with Crippen molar-refractivity contribution < 1.29 is 0 Å². The van der Waals surface area contributed by atoms with Crippen molar-refractivity contribution in [2.45, 2.75) is 19.0 Å². The lowest BCUT2D eigenvalue weighted by Crippen LogP contribution is -2.26. The summed E-state index contributed by atoms with van der Waals surface area (Å²) in [6.45, 7) is 3.13. The van der Waals surface area contributed by atoms with Crippen LogP contribution in [0.5, 0.6) is 0 Å². The normalized spacial score (nSPS) is 19.1. The Kier molecular flexibility index (Phi) is 4.14. The molecule has 2 aromatic rings. The highest BCUT2D eigenvalue weighted by atomic mass is 35.5. The molecule has 2 heterocycles. The van der Waals surface area contributed by atoms with Crippen molar-refractivity contribution in [3.8, 4) is 0 Å². The van der Waals surface area contributed by atoms with E-state index in [0.717, 1.165) is 31.9 Å². The number of hydrogen-bond donors (Lipinski definition) is 1. The van der Waals surface area contributed by atoms with Gasteiger partial charge < -0.3 is 5.32 Å². The summed E-state index contributed by atoms with van der Waals surface area (Å²) in [5.41, 5.74) is 1.36. The lowest BCUT2D eigenvalue weighted by molar-refractivity contribution is 0.328. The summed E-state index contributed by atoms with van der Waals surface area (Å²) < 4.78 is 0. The molecular weight excluding hydrogens is 272 g/mol. The SMILES string of the molecule is Clc1nccc(NC2CCN(Cc3ccccc3)C2)n1. The lowest BCUT2D eigenvalue weighted by atomic mass is 10.2. The number of halogens is 1. The molecule has 1 aliphatic heterocycles. The maximum atomic E-state index is 5.79. The number of nitrogens with zero attached hydrogens (tertiary/aromatic N) is 3. The van der Waals surface area contributed by atoms with E-state index in [9.17, 15) is 0 Å². The Morgan fingerprint density at radius 1 is 1.25 bits per heavy atom. The summed E-state index contributed by atoms with van der Waals surface area (Å²) in [5, 5.41) is 3.71. The molecule has 4 nitrogen and oxygen atoms in total. The molecular formula is C15H17ClN4. The first-order chi connectivity index (χ1) is 9.79. The van der Waals surface area contributed by atoms with E-state index in [1.54, 1.807) is 6.20 Å². The molecule has 1 fully saturated rings. The first kappa shape index (κ1) is 13.3. The summed E-state index contributed by atoms with van der Waals surface area (Å²) in [7, 11) is 0. The second-order valence-corrected chi connectivity index (χ2v) is 5.40. The number of benzene rings is 1. The van der Waals surface area contributed by atoms with Crippen molar-refractivity contribution in [2.75, 3.05) is 18.4 Å². The van der Waals surface area contributed by atoms with E-state index in [1.807, 2.05) is 6.07 Å². The molecule has 5 heteroatoms. The van der Waals surface area contributed by atoms with Gasteiger partial charge in [0.2, 0.25) is 5.28 Å². The van der Waals surface area contributed by atoms with E-state index in [2.05, 4.69) is 50.5 Å². The van der Waals surface area contributed by atoms with Gasteiger partial charge in [0, 0.05) is 31.9 Å². The molecule has 20 heavy (non-hydrogen) atoms. The molecule has 0 spiro atoms. The number of nitrogens with one attached hydrogen (secondary N) is 1. The van der Waals surface area contributed by atoms with E-state index in [-0.39, 0.29) is 5.28 Å². The van der Waals surface area contributed by atoms with Crippen LogP contribution in [0, 0.1) is 0 Å². The minimum absolute atomic E-state index is 0.286. The number of likely N-dealkylation sites (tertiary alicyclic amines) is 1. The summed E-state index contributed by atoms with van der Waals surface area (Å²) in [4.78, 5) is 10.5. The van der Waals surface area contributed by atoms with E-state index >= 15 is 0 Å². The number of hydrogen-bond acceptors (Lipinski definition) is 4. The van der Waals surface area contributed by atoms with Crippen LogP contribution in [-0.4, -0.2) is 34.0 Å². The molecule has 1 atom stereocenters. The van der Waals surface area contributed by atoms with Crippen LogP contribution < -0.4 is 5.32 Å². The Labute approximate surface area is 123 Å². The second-order valence-electron chi connectivity index (χ2n) is 5.06. The fraction of sp³-hybridized carbons (Fsp3) is 0.333. The molecule has 0 amide bonds. The van der Waals surface area contributed by atoms with Crippen LogP contribution in [0.2, 0.25) is 5.28 Å². The van der Waals surface area contributed by atoms with Crippen LogP contribution in [0.25, 0.3) is 0 Å². The third-order valence-corrected chi connectivity index (χ3v) is 3.68. The third-order valence-electron chi connectivity index (χ3n) is 3.50. The van der Waals surface area contributed by atoms with Crippen LogP contribution in [-0.2, 0) is 6.54 Å². The first-order valence-corrected chi connectivity index (χ1v) is 7.19. The Bertz CT molecular complexity index is 561. The van der Waals surface area contributed by atoms with Gasteiger partial charge in [-0.2, -0.15) is 0 Å². The van der Waals surface area contributed by atoms with Crippen LogP contribution in [0.15, 0.2) is 42.6 Å². The molecule has 1 N–H and O–H groups in total. The van der Waals surface area contributed by atoms with Crippen LogP contribution in [0.4, 0.5) is 5.82 Å². The zero-order chi connectivity index (χ0) is 13.8. The molecule has 0 bridgehead atoms. The molecule has 0 radical (unpaired) electrons. The molecule has 104 valence electrons. The van der Waals surface area contributed by atoms with E-state index < -0.39 is 0 Å². The van der Waals surface area contributed by atoms with Gasteiger partial charge in [-0.05, 0) is 29.7 Å². The van der Waals surface area contributed by atoms with E-state index in [0.29, 0.717) is 6.04 Å². The number of aromatic nitrogens is 2. The van der Waals surface area contributed by atoms with Crippen molar-refractivity contribution in [1.82, 2.24) is 14.9 Å². The Hall–Kier alpha value is -1.65. The average molecular weight is 289 g/mol. The lowest BCUT2D eigenvalue weighted by Gasteiger charge is -2.17. The smallest absolute Gasteiger partial charge is 0.224 e. The van der Waals surface area contributed by atoms with Gasteiger partial charge >= 0.3 is 0 Å². The van der Waals surface area contributed by atoms with Crippen molar-refractivity contribution in [1.29, 1.82) is 0 Å². The highest BCUT2D eigenvalue weighted by Crippen LogP contribution is 2.17. The van der Waals surface area contributed by atoms with Crippen LogP contribution in [0.3, 0.4) is 0 Å². The summed E-state index contributed by atoms with van der Waals surface area (Å²) >= 11 is 5.79. The second kappa shape index (κ2) is 6.20. The van der Waals surface area contributed by atoms with Crippen molar-refractivity contribution in [3.05, 3.63) is 53.4 Å². The summed E-state index contributed by atoms with van der Waals surface area (Å²) in [6.07, 6.45) is 2.79. The van der Waals surface area contributed by atoms with Gasteiger partial charge in [-0.1, -0.05) is 30.3 Å². The topological polar surface area (TPSA) is 41.1 Å². The largest absolute Gasteiger partial charge is 0.366 e. The maximum Gasteiger partial charge on any atom is 0.224 e. The predicted molar refractivity (Wildman–Crippen MR) is 80.8 cm³/mol. The zero-order valence-corrected chi connectivity index (χ0v) is 11.9. The monoisotopic (exact) mass is 288 g/mol. The van der Waals surface area contributed by atoms with Gasteiger partial charge in [-0.3, -0.25) is 4.90 Å². The van der Waals surface area contributed by atoms with Crippen molar-refractivity contribution in [2.24, 2.45) is 0 Å². The first-order valence-electron chi connectivity index (χ1n) is 6.81. The molecule has 1 unspecified atom stereocenters. The minimum Gasteiger partial charge on any atom is -0.366 e. The highest BCUT2D eigenvalue weighted by molar-refractivity contribution is 6.28. The fourth-order valence-electron chi connectivity index (χ4n) is 2.56. The van der Waals surface area contributed by atoms with Crippen LogP contribution >= 0.6 is 11.6 Å². The molecule has 1 aliphatic rings. The standard InChI is InChI=1S/C15H17ClN4/c16-15-17-8-6-14(19-15)18-13-7-9-20(11-13)10-12-4-2-1-3-5-12/h1-6,8,13H,7,9-11H2,(H,17,18,19). The number of anilines is 1. The number of rotatable bonds is 4. The molecule has 1 aromatic carbocycles. The van der Waals surface area contributed by atoms with Gasteiger partial charge in [0.1, 0.15) is 5.82 Å². The van der Waals surface area contributed by atoms with E-state index in [4.69, 9.17) is 11.6 Å². The minimum atomic E-state index is 0.286. The Morgan fingerprint density at radius 2 is 2.10 bits per heavy atom. The maximum absolute atomic E-state index is 5.79. The van der Waals surface area contributed by atoms with E-state index in [1.165, 1.54) is 5.56 Å². The van der Waals surface area contributed by atoms with Crippen molar-refractivity contribution in [3.63, 3.8) is 0 Å². The van der Waals surface area contributed by atoms with Gasteiger partial charge in [0.05, 0.1) is 0 Å². The molecule has 0 saturated carbocycles. The van der Waals surface area contributed by atoms with Gasteiger partial charge in [-0.15, -0.1) is 0 Å². The predicted octanol–water partition coefficient (Wildman–Crippen LogP) is 2.82. The van der Waals surface area contributed by atoms with Crippen molar-refractivity contribution >= 4 is 17.4 Å². The summed E-state index contributed by atoms with van der Waals surface area (Å²) in [6, 6.07) is 12.8. The van der Waals surface area contributed by atoms with Crippen LogP contribution in [0.1, 0.15) is 12.0 Å². The highest BCUT2D eigenvalue weighted by Gasteiger charge is 2.22. The molecule has 0 aliphatic carbocycles. The fourth-order valence-corrected chi connectivity index (χ4v) is 2.71. The van der Waals surface area contributed by atoms with Gasteiger partial charge in [0.15, 0.2) is 0 Å². The molecule has 1 saturated heterocycles. The molecule has 3 rings (SSSR count). The summed E-state index contributed by atoms with van der Waals surface area (Å²) in [5.74, 6) is 0.802. The quantitative estimate of drug-likeness (QED) is 0.879.